The van der Waals surface area contributed by atoms with E-state index in [4.69, 9.17) is 4.42 Å². The van der Waals surface area contributed by atoms with Gasteiger partial charge in [-0.1, -0.05) is 0 Å². The Morgan fingerprint density at radius 2 is 1.96 bits per heavy atom. The molecule has 10 heteroatoms. The van der Waals surface area contributed by atoms with E-state index in [-0.39, 0.29) is 5.69 Å². The molecule has 1 unspecified atom stereocenters. The molecule has 1 N–H and O–H groups in total. The van der Waals surface area contributed by atoms with E-state index in [1.54, 1.807) is 12.1 Å². The van der Waals surface area contributed by atoms with E-state index in [0.29, 0.717) is 23.6 Å². The Morgan fingerprint density at radius 3 is 2.61 bits per heavy atom. The topological polar surface area (TPSA) is 77.1 Å². The van der Waals surface area contributed by atoms with E-state index in [1.807, 2.05) is 0 Å². The normalized spacial score (nSPS) is 12.6. The summed E-state index contributed by atoms with van der Waals surface area (Å²) in [5.41, 5.74) is -2.06. The monoisotopic (exact) mass is 395 g/mol. The molecule has 0 saturated heterocycles. The summed E-state index contributed by atoms with van der Waals surface area (Å²) >= 11 is 0. The second kappa shape index (κ2) is 7.29. The third-order valence-corrected chi connectivity index (χ3v) is 3.88. The lowest BCUT2D eigenvalue weighted by atomic mass is 10.1. The zero-order valence-corrected chi connectivity index (χ0v) is 14.3. The summed E-state index contributed by atoms with van der Waals surface area (Å²) in [5.74, 6) is -1.89. The van der Waals surface area contributed by atoms with Gasteiger partial charge in [0.15, 0.2) is 5.76 Å². The summed E-state index contributed by atoms with van der Waals surface area (Å²) in [6.07, 6.45) is -3.50. The van der Waals surface area contributed by atoms with Crippen LogP contribution in [-0.4, -0.2) is 15.7 Å². The maximum Gasteiger partial charge on any atom is 0.419 e. The number of anilines is 1. The van der Waals surface area contributed by atoms with Crippen molar-refractivity contribution >= 4 is 11.6 Å². The molecule has 2 heterocycles. The molecule has 1 atom stereocenters. The van der Waals surface area contributed by atoms with Crippen LogP contribution in [0.15, 0.2) is 57.9 Å². The molecule has 0 bridgehead atoms. The van der Waals surface area contributed by atoms with E-state index in [1.165, 1.54) is 25.3 Å². The predicted octanol–water partition coefficient (Wildman–Crippen LogP) is 3.86. The number of nitrogens with zero attached hydrogens (tertiary/aromatic N) is 2. The summed E-state index contributed by atoms with van der Waals surface area (Å²) in [6, 6.07) is 6.76. The second-order valence-electron chi connectivity index (χ2n) is 5.84. The van der Waals surface area contributed by atoms with Crippen LogP contribution < -0.4 is 10.9 Å². The van der Waals surface area contributed by atoms with Crippen molar-refractivity contribution in [1.29, 1.82) is 0 Å². The number of carbonyl (C=O) groups excluding carboxylic acids is 1. The summed E-state index contributed by atoms with van der Waals surface area (Å²) in [7, 11) is 0. The minimum Gasteiger partial charge on any atom is -0.463 e. The Balaban J connectivity index is 1.86. The number of aromatic nitrogens is 2. The second-order valence-corrected chi connectivity index (χ2v) is 5.84. The molecule has 0 aliphatic heterocycles. The van der Waals surface area contributed by atoms with Gasteiger partial charge in [-0.3, -0.25) is 9.59 Å². The quantitative estimate of drug-likeness (QED) is 0.681. The molecule has 0 aliphatic carbocycles. The van der Waals surface area contributed by atoms with Gasteiger partial charge in [0.05, 0.1) is 11.8 Å². The van der Waals surface area contributed by atoms with Gasteiger partial charge in [0.25, 0.3) is 5.56 Å². The van der Waals surface area contributed by atoms with Crippen LogP contribution in [-0.2, 0) is 11.0 Å². The smallest absolute Gasteiger partial charge is 0.419 e. The molecule has 3 aromatic rings. The lowest BCUT2D eigenvalue weighted by molar-refractivity contribution is -0.140. The average Bonchev–Trinajstić information content (AvgIpc) is 3.17. The predicted molar refractivity (Wildman–Crippen MR) is 90.9 cm³/mol. The van der Waals surface area contributed by atoms with E-state index < -0.39 is 35.1 Å². The van der Waals surface area contributed by atoms with Gasteiger partial charge < -0.3 is 9.73 Å². The van der Waals surface area contributed by atoms with Crippen LogP contribution in [0.25, 0.3) is 11.5 Å². The number of nitrogens with one attached hydrogen (secondary N) is 1. The number of benzene rings is 1. The molecule has 0 saturated carbocycles. The van der Waals surface area contributed by atoms with Gasteiger partial charge in [0.1, 0.15) is 17.6 Å². The van der Waals surface area contributed by atoms with Gasteiger partial charge in [-0.15, -0.1) is 0 Å². The molecule has 146 valence electrons. The molecule has 0 spiro atoms. The first-order valence-electron chi connectivity index (χ1n) is 7.98. The zero-order valence-electron chi connectivity index (χ0n) is 14.3. The minimum atomic E-state index is -4.91. The molecule has 6 nitrogen and oxygen atoms in total. The van der Waals surface area contributed by atoms with Crippen molar-refractivity contribution in [3.8, 4) is 11.5 Å². The van der Waals surface area contributed by atoms with Crippen molar-refractivity contribution in [2.45, 2.75) is 19.1 Å². The van der Waals surface area contributed by atoms with Crippen LogP contribution in [0.1, 0.15) is 18.5 Å². The minimum absolute atomic E-state index is 0.263. The maximum atomic E-state index is 13.4. The number of hydrogen-bond donors (Lipinski definition) is 1. The fourth-order valence-corrected chi connectivity index (χ4v) is 2.44. The fourth-order valence-electron chi connectivity index (χ4n) is 2.44. The van der Waals surface area contributed by atoms with Gasteiger partial charge in [-0.25, -0.2) is 9.07 Å². The number of rotatable bonds is 4. The van der Waals surface area contributed by atoms with Crippen molar-refractivity contribution in [2.75, 3.05) is 5.32 Å². The molecule has 0 aliphatic rings. The summed E-state index contributed by atoms with van der Waals surface area (Å²) in [4.78, 5) is 24.5. The number of alkyl halides is 3. The van der Waals surface area contributed by atoms with Crippen molar-refractivity contribution in [3.63, 3.8) is 0 Å². The zero-order chi connectivity index (χ0) is 20.5. The number of furan rings is 1. The SMILES string of the molecule is CC(C(=O)Nc1ccc(F)c(C(F)(F)F)c1)n1nc(-c2ccco2)ccc1=O. The summed E-state index contributed by atoms with van der Waals surface area (Å²) < 4.78 is 57.8. The number of halogens is 4. The summed E-state index contributed by atoms with van der Waals surface area (Å²) in [6.45, 7) is 1.35. The first-order valence-corrected chi connectivity index (χ1v) is 7.98. The number of amides is 1. The lowest BCUT2D eigenvalue weighted by Crippen LogP contribution is -2.33. The van der Waals surface area contributed by atoms with Crippen LogP contribution in [0, 0.1) is 5.82 Å². The lowest BCUT2D eigenvalue weighted by Gasteiger charge is -2.16. The number of carbonyl (C=O) groups is 1. The van der Waals surface area contributed by atoms with Crippen LogP contribution in [0.3, 0.4) is 0 Å². The highest BCUT2D eigenvalue weighted by Gasteiger charge is 2.34. The van der Waals surface area contributed by atoms with Crippen LogP contribution in [0.2, 0.25) is 0 Å². The Bertz CT molecular complexity index is 1060. The number of hydrogen-bond acceptors (Lipinski definition) is 4. The molecule has 1 amide bonds. The standard InChI is InChI=1S/C18H13F4N3O3/c1-10(25-16(26)7-6-14(24-25)15-3-2-8-28-15)17(27)23-11-4-5-13(19)12(9-11)18(20,21)22/h2-10H,1H3,(H,23,27). The van der Waals surface area contributed by atoms with Crippen molar-refractivity contribution < 1.29 is 26.8 Å². The molecule has 2 aromatic heterocycles. The van der Waals surface area contributed by atoms with Crippen LogP contribution in [0.5, 0.6) is 0 Å². The van der Waals surface area contributed by atoms with Gasteiger partial charge >= 0.3 is 6.18 Å². The average molecular weight is 395 g/mol. The van der Waals surface area contributed by atoms with Gasteiger partial charge in [-0.2, -0.15) is 18.3 Å². The molecule has 3 rings (SSSR count). The third kappa shape index (κ3) is 3.95. The van der Waals surface area contributed by atoms with Gasteiger partial charge in [0.2, 0.25) is 5.91 Å². The highest BCUT2D eigenvalue weighted by molar-refractivity contribution is 5.93. The summed E-state index contributed by atoms with van der Waals surface area (Å²) in [5, 5.41) is 6.29. The Labute approximate surface area is 155 Å². The molecular weight excluding hydrogens is 382 g/mol. The molecule has 28 heavy (non-hydrogen) atoms. The molecular formula is C18H13F4N3O3. The Kier molecular flexibility index (Phi) is 5.04. The first kappa shape index (κ1) is 19.3. The van der Waals surface area contributed by atoms with Gasteiger partial charge in [-0.05, 0) is 43.3 Å². The Hall–Kier alpha value is -3.43. The van der Waals surface area contributed by atoms with E-state index in [0.717, 1.165) is 10.7 Å². The van der Waals surface area contributed by atoms with E-state index in [9.17, 15) is 27.2 Å². The third-order valence-electron chi connectivity index (χ3n) is 3.88. The largest absolute Gasteiger partial charge is 0.463 e. The maximum absolute atomic E-state index is 13.4. The van der Waals surface area contributed by atoms with Crippen molar-refractivity contribution in [2.24, 2.45) is 0 Å². The van der Waals surface area contributed by atoms with Crippen LogP contribution in [0.4, 0.5) is 23.2 Å². The highest BCUT2D eigenvalue weighted by Crippen LogP contribution is 2.33. The van der Waals surface area contributed by atoms with Gasteiger partial charge in [0, 0.05) is 11.8 Å². The van der Waals surface area contributed by atoms with Crippen molar-refractivity contribution in [3.05, 3.63) is 70.5 Å². The van der Waals surface area contributed by atoms with E-state index in [2.05, 4.69) is 10.4 Å². The first-order chi connectivity index (χ1) is 13.2. The van der Waals surface area contributed by atoms with Crippen molar-refractivity contribution in [1.82, 2.24) is 9.78 Å². The molecule has 0 radical (unpaired) electrons. The Morgan fingerprint density at radius 1 is 1.21 bits per heavy atom. The molecule has 1 aromatic carbocycles. The molecule has 0 fully saturated rings. The van der Waals surface area contributed by atoms with Crippen LogP contribution >= 0.6 is 0 Å². The van der Waals surface area contributed by atoms with E-state index >= 15 is 0 Å². The highest BCUT2D eigenvalue weighted by atomic mass is 19.4. The fraction of sp³-hybridized carbons (Fsp3) is 0.167.